The summed E-state index contributed by atoms with van der Waals surface area (Å²) in [5, 5.41) is 3.55. The lowest BCUT2D eigenvalue weighted by atomic mass is 10.2. The number of carbonyl (C=O) groups excluding carboxylic acids is 1. The fourth-order valence-corrected chi connectivity index (χ4v) is 3.95. The van der Waals surface area contributed by atoms with Crippen molar-refractivity contribution in [3.05, 3.63) is 58.6 Å². The van der Waals surface area contributed by atoms with Crippen LogP contribution < -0.4 is 9.62 Å². The van der Waals surface area contributed by atoms with E-state index in [0.29, 0.717) is 21.4 Å². The van der Waals surface area contributed by atoms with E-state index >= 15 is 0 Å². The van der Waals surface area contributed by atoms with Gasteiger partial charge >= 0.3 is 0 Å². The van der Waals surface area contributed by atoms with Crippen molar-refractivity contribution in [3.8, 4) is 0 Å². The molecule has 0 bridgehead atoms. The maximum absolute atomic E-state index is 12.7. The van der Waals surface area contributed by atoms with E-state index in [1.807, 2.05) is 0 Å². The Morgan fingerprint density at radius 1 is 1.12 bits per heavy atom. The number of halogens is 2. The van der Waals surface area contributed by atoms with E-state index < -0.39 is 22.0 Å². The summed E-state index contributed by atoms with van der Waals surface area (Å²) in [5.41, 5.74) is 0.797. The van der Waals surface area contributed by atoms with E-state index in [0.717, 1.165) is 10.6 Å². The predicted molar refractivity (Wildman–Crippen MR) is 103 cm³/mol. The van der Waals surface area contributed by atoms with Gasteiger partial charge in [-0.05, 0) is 42.8 Å². The summed E-state index contributed by atoms with van der Waals surface area (Å²) in [4.78, 5) is 12.7. The van der Waals surface area contributed by atoms with E-state index in [1.54, 1.807) is 55.5 Å². The average molecular weight is 401 g/mol. The molecule has 0 aromatic heterocycles. The van der Waals surface area contributed by atoms with Gasteiger partial charge in [-0.1, -0.05) is 42.3 Å². The Morgan fingerprint density at radius 2 is 1.72 bits per heavy atom. The second-order valence-electron chi connectivity index (χ2n) is 5.43. The summed E-state index contributed by atoms with van der Waals surface area (Å²) in [6.45, 7) is 1.74. The van der Waals surface area contributed by atoms with Gasteiger partial charge in [-0.3, -0.25) is 9.10 Å². The molecule has 0 spiro atoms. The normalized spacial score (nSPS) is 12.5. The third kappa shape index (κ3) is 4.87. The van der Waals surface area contributed by atoms with Gasteiger partial charge in [0, 0.05) is 5.02 Å². The Morgan fingerprint density at radius 3 is 2.24 bits per heavy atom. The minimum Gasteiger partial charge on any atom is -0.323 e. The molecule has 0 radical (unpaired) electrons. The number of nitrogens with zero attached hydrogens (tertiary/aromatic N) is 1. The highest BCUT2D eigenvalue weighted by atomic mass is 35.5. The summed E-state index contributed by atoms with van der Waals surface area (Å²) >= 11 is 11.9. The Balaban J connectivity index is 2.38. The smallest absolute Gasteiger partial charge is 0.248 e. The highest BCUT2D eigenvalue weighted by Gasteiger charge is 2.31. The number of sulfonamides is 1. The van der Waals surface area contributed by atoms with Crippen LogP contribution in [0.5, 0.6) is 0 Å². The number of hydrogen-bond donors (Lipinski definition) is 1. The molecule has 0 unspecified atom stereocenters. The number of benzene rings is 2. The molecule has 2 aromatic rings. The molecule has 1 atom stereocenters. The molecule has 2 rings (SSSR count). The maximum Gasteiger partial charge on any atom is 0.248 e. The molecule has 25 heavy (non-hydrogen) atoms. The van der Waals surface area contributed by atoms with E-state index in [9.17, 15) is 13.2 Å². The molecule has 0 saturated carbocycles. The Hall–Kier alpha value is -1.76. The third-order valence-electron chi connectivity index (χ3n) is 3.54. The van der Waals surface area contributed by atoms with E-state index in [4.69, 9.17) is 23.2 Å². The lowest BCUT2D eigenvalue weighted by Gasteiger charge is -2.30. The van der Waals surface area contributed by atoms with Crippen LogP contribution in [0.4, 0.5) is 11.4 Å². The standard InChI is InChI=1S/C17H18Cl2N2O3S/c1-3-16(17(22)20-15-7-5-4-6-14(15)19)21(25(2,23)24)13-10-8-12(18)9-11-13/h4-11,16H,3H2,1-2H3,(H,20,22)/t16-/m1/s1. The number of anilines is 2. The van der Waals surface area contributed by atoms with Gasteiger partial charge in [-0.15, -0.1) is 0 Å². The van der Waals surface area contributed by atoms with E-state index in [1.165, 1.54) is 0 Å². The van der Waals surface area contributed by atoms with Gasteiger partial charge in [-0.2, -0.15) is 0 Å². The molecule has 1 N–H and O–H groups in total. The zero-order chi connectivity index (χ0) is 18.6. The number of carbonyl (C=O) groups is 1. The fourth-order valence-electron chi connectivity index (χ4n) is 2.43. The van der Waals surface area contributed by atoms with Crippen molar-refractivity contribution in [2.24, 2.45) is 0 Å². The molecule has 5 nitrogen and oxygen atoms in total. The maximum atomic E-state index is 12.7. The minimum atomic E-state index is -3.69. The van der Waals surface area contributed by atoms with Crippen LogP contribution in [0.3, 0.4) is 0 Å². The number of hydrogen-bond acceptors (Lipinski definition) is 3. The van der Waals surface area contributed by atoms with Crippen molar-refractivity contribution in [1.29, 1.82) is 0 Å². The predicted octanol–water partition coefficient (Wildman–Crippen LogP) is 4.18. The first-order valence-electron chi connectivity index (χ1n) is 7.54. The molecule has 0 aliphatic carbocycles. The second kappa shape index (κ2) is 8.08. The van der Waals surface area contributed by atoms with Gasteiger partial charge in [0.2, 0.25) is 15.9 Å². The molecule has 134 valence electrons. The minimum absolute atomic E-state index is 0.284. The third-order valence-corrected chi connectivity index (χ3v) is 5.30. The largest absolute Gasteiger partial charge is 0.323 e. The topological polar surface area (TPSA) is 66.5 Å². The van der Waals surface area contributed by atoms with Crippen molar-refractivity contribution in [2.45, 2.75) is 19.4 Å². The van der Waals surface area contributed by atoms with Crippen LogP contribution in [-0.4, -0.2) is 26.6 Å². The first-order chi connectivity index (χ1) is 11.7. The van der Waals surface area contributed by atoms with Crippen molar-refractivity contribution in [3.63, 3.8) is 0 Å². The quantitative estimate of drug-likeness (QED) is 0.790. The summed E-state index contributed by atoms with van der Waals surface area (Å²) in [6.07, 6.45) is 1.35. The molecular weight excluding hydrogens is 383 g/mol. The highest BCUT2D eigenvalue weighted by molar-refractivity contribution is 7.92. The number of rotatable bonds is 6. The van der Waals surface area contributed by atoms with E-state index in [2.05, 4.69) is 5.32 Å². The van der Waals surface area contributed by atoms with Crippen LogP contribution in [-0.2, 0) is 14.8 Å². The van der Waals surface area contributed by atoms with Crippen LogP contribution in [0.25, 0.3) is 0 Å². The molecule has 2 aromatic carbocycles. The number of para-hydroxylation sites is 1. The first-order valence-corrected chi connectivity index (χ1v) is 10.1. The highest BCUT2D eigenvalue weighted by Crippen LogP contribution is 2.26. The number of nitrogens with one attached hydrogen (secondary N) is 1. The Bertz CT molecular complexity index is 854. The molecule has 0 aliphatic heterocycles. The van der Waals surface area contributed by atoms with Crippen molar-refractivity contribution >= 4 is 50.5 Å². The molecule has 0 saturated heterocycles. The summed E-state index contributed by atoms with van der Waals surface area (Å²) in [7, 11) is -3.69. The lowest BCUT2D eigenvalue weighted by molar-refractivity contribution is -0.117. The van der Waals surface area contributed by atoms with Gasteiger partial charge < -0.3 is 5.32 Å². The average Bonchev–Trinajstić information content (AvgIpc) is 2.54. The van der Waals surface area contributed by atoms with Gasteiger partial charge in [0.15, 0.2) is 0 Å². The summed E-state index contributed by atoms with van der Waals surface area (Å²) < 4.78 is 25.7. The van der Waals surface area contributed by atoms with Crippen molar-refractivity contribution in [2.75, 3.05) is 15.9 Å². The van der Waals surface area contributed by atoms with Crippen LogP contribution in [0, 0.1) is 0 Å². The van der Waals surface area contributed by atoms with Gasteiger partial charge in [0.05, 0.1) is 22.7 Å². The van der Waals surface area contributed by atoms with Gasteiger partial charge in [0.1, 0.15) is 6.04 Å². The zero-order valence-electron chi connectivity index (χ0n) is 13.7. The van der Waals surface area contributed by atoms with Crippen LogP contribution >= 0.6 is 23.2 Å². The summed E-state index contributed by atoms with van der Waals surface area (Å²) in [5.74, 6) is -0.462. The zero-order valence-corrected chi connectivity index (χ0v) is 16.1. The second-order valence-corrected chi connectivity index (χ2v) is 8.13. The lowest BCUT2D eigenvalue weighted by Crippen LogP contribution is -2.47. The molecule has 8 heteroatoms. The van der Waals surface area contributed by atoms with Crippen molar-refractivity contribution in [1.82, 2.24) is 0 Å². The molecule has 0 fully saturated rings. The molecular formula is C17H18Cl2N2O3S. The summed E-state index contributed by atoms with van der Waals surface area (Å²) in [6, 6.07) is 12.1. The SMILES string of the molecule is CC[C@H](C(=O)Nc1ccccc1Cl)N(c1ccc(Cl)cc1)S(C)(=O)=O. The molecule has 1 amide bonds. The van der Waals surface area contributed by atoms with Crippen LogP contribution in [0.2, 0.25) is 10.0 Å². The molecule has 0 aliphatic rings. The van der Waals surface area contributed by atoms with Crippen molar-refractivity contribution < 1.29 is 13.2 Å². The van der Waals surface area contributed by atoms with Crippen LogP contribution in [0.15, 0.2) is 48.5 Å². The monoisotopic (exact) mass is 400 g/mol. The van der Waals surface area contributed by atoms with Gasteiger partial charge in [-0.25, -0.2) is 8.42 Å². The van der Waals surface area contributed by atoms with Gasteiger partial charge in [0.25, 0.3) is 0 Å². The Kier molecular flexibility index (Phi) is 6.32. The van der Waals surface area contributed by atoms with Crippen LogP contribution in [0.1, 0.15) is 13.3 Å². The first kappa shape index (κ1) is 19.6. The molecule has 0 heterocycles. The Labute approximate surface area is 157 Å². The van der Waals surface area contributed by atoms with E-state index in [-0.39, 0.29) is 6.42 Å². The number of amides is 1. The fraction of sp³-hybridized carbons (Fsp3) is 0.235.